The molecule has 0 heterocycles. The molecule has 0 spiro atoms. The number of rotatable bonds is 7. The van der Waals surface area contributed by atoms with E-state index in [-0.39, 0.29) is 0 Å². The van der Waals surface area contributed by atoms with Gasteiger partial charge >= 0.3 is 0 Å². The molecule has 0 radical (unpaired) electrons. The zero-order valence-electron chi connectivity index (χ0n) is 12.0. The van der Waals surface area contributed by atoms with Crippen molar-refractivity contribution in [1.82, 2.24) is 5.32 Å². The standard InChI is InChI=1S/C16H25NOS/c1-3-18-14-10-8-13(9-11-14)16(17-2)12-19-15-6-4-5-7-15/h8-11,15-17H,3-7,12H2,1-2H3. The molecule has 1 aromatic carbocycles. The number of thioether (sulfide) groups is 1. The molecule has 3 heteroatoms. The Morgan fingerprint density at radius 2 is 1.95 bits per heavy atom. The number of ether oxygens (including phenoxy) is 1. The summed E-state index contributed by atoms with van der Waals surface area (Å²) in [6.45, 7) is 2.74. The van der Waals surface area contributed by atoms with Gasteiger partial charge in [-0.15, -0.1) is 0 Å². The first-order valence-electron chi connectivity index (χ1n) is 7.35. The van der Waals surface area contributed by atoms with Crippen molar-refractivity contribution in [2.24, 2.45) is 0 Å². The highest BCUT2D eigenvalue weighted by molar-refractivity contribution is 7.99. The van der Waals surface area contributed by atoms with E-state index in [2.05, 4.69) is 48.4 Å². The maximum Gasteiger partial charge on any atom is 0.119 e. The quantitative estimate of drug-likeness (QED) is 0.814. The van der Waals surface area contributed by atoms with E-state index in [1.165, 1.54) is 31.2 Å². The first kappa shape index (κ1) is 14.7. The van der Waals surface area contributed by atoms with Gasteiger partial charge in [0, 0.05) is 17.0 Å². The monoisotopic (exact) mass is 279 g/mol. The molecule has 1 N–H and O–H groups in total. The number of benzene rings is 1. The minimum atomic E-state index is 0.446. The average Bonchev–Trinajstić information content (AvgIpc) is 2.95. The van der Waals surface area contributed by atoms with E-state index >= 15 is 0 Å². The SMILES string of the molecule is CCOc1ccc(C(CSC2CCCC2)NC)cc1. The van der Waals surface area contributed by atoms with Gasteiger partial charge < -0.3 is 10.1 Å². The van der Waals surface area contributed by atoms with E-state index in [1.54, 1.807) is 0 Å². The van der Waals surface area contributed by atoms with Crippen LogP contribution in [-0.4, -0.2) is 24.7 Å². The molecule has 0 saturated heterocycles. The highest BCUT2D eigenvalue weighted by atomic mass is 32.2. The van der Waals surface area contributed by atoms with Gasteiger partial charge in [-0.1, -0.05) is 25.0 Å². The Hall–Kier alpha value is -0.670. The van der Waals surface area contributed by atoms with Crippen LogP contribution in [0.5, 0.6) is 5.75 Å². The first-order valence-corrected chi connectivity index (χ1v) is 8.40. The summed E-state index contributed by atoms with van der Waals surface area (Å²) >= 11 is 2.13. The molecule has 1 aliphatic rings. The summed E-state index contributed by atoms with van der Waals surface area (Å²) in [5.74, 6) is 2.12. The van der Waals surface area contributed by atoms with E-state index in [0.29, 0.717) is 6.04 Å². The average molecular weight is 279 g/mol. The van der Waals surface area contributed by atoms with Crippen LogP contribution >= 0.6 is 11.8 Å². The third-order valence-electron chi connectivity index (χ3n) is 3.74. The van der Waals surface area contributed by atoms with Crippen LogP contribution in [0.3, 0.4) is 0 Å². The molecule has 0 bridgehead atoms. The lowest BCUT2D eigenvalue weighted by Gasteiger charge is -2.19. The molecule has 0 amide bonds. The number of hydrogen-bond donors (Lipinski definition) is 1. The molecule has 2 rings (SSSR count). The summed E-state index contributed by atoms with van der Waals surface area (Å²) in [7, 11) is 2.05. The lowest BCUT2D eigenvalue weighted by molar-refractivity contribution is 0.340. The van der Waals surface area contributed by atoms with Crippen LogP contribution in [0.4, 0.5) is 0 Å². The molecule has 1 saturated carbocycles. The molecule has 19 heavy (non-hydrogen) atoms. The zero-order chi connectivity index (χ0) is 13.5. The fourth-order valence-electron chi connectivity index (χ4n) is 2.60. The highest BCUT2D eigenvalue weighted by Gasteiger charge is 2.18. The van der Waals surface area contributed by atoms with Gasteiger partial charge in [0.15, 0.2) is 0 Å². The van der Waals surface area contributed by atoms with Crippen molar-refractivity contribution in [2.75, 3.05) is 19.4 Å². The van der Waals surface area contributed by atoms with E-state index in [1.807, 2.05) is 6.92 Å². The van der Waals surface area contributed by atoms with Crippen molar-refractivity contribution in [3.63, 3.8) is 0 Å². The highest BCUT2D eigenvalue weighted by Crippen LogP contribution is 2.32. The topological polar surface area (TPSA) is 21.3 Å². The normalized spacial score (nSPS) is 17.6. The predicted octanol–water partition coefficient (Wildman–Crippen LogP) is 4.02. The minimum Gasteiger partial charge on any atom is -0.494 e. The Morgan fingerprint density at radius 1 is 1.26 bits per heavy atom. The van der Waals surface area contributed by atoms with E-state index in [0.717, 1.165) is 23.4 Å². The van der Waals surface area contributed by atoms with Crippen molar-refractivity contribution in [3.8, 4) is 5.75 Å². The van der Waals surface area contributed by atoms with Gasteiger partial charge in [-0.05, 0) is 44.5 Å². The summed E-state index contributed by atoms with van der Waals surface area (Å²) in [4.78, 5) is 0. The lowest BCUT2D eigenvalue weighted by atomic mass is 10.1. The van der Waals surface area contributed by atoms with Gasteiger partial charge in [0.2, 0.25) is 0 Å². The van der Waals surface area contributed by atoms with E-state index < -0.39 is 0 Å². The molecule has 0 aliphatic heterocycles. The Kier molecular flexibility index (Phi) is 6.05. The molecule has 106 valence electrons. The molecule has 1 atom stereocenters. The second-order valence-corrected chi connectivity index (χ2v) is 6.42. The van der Waals surface area contributed by atoms with Crippen molar-refractivity contribution < 1.29 is 4.74 Å². The maximum atomic E-state index is 5.49. The summed E-state index contributed by atoms with van der Waals surface area (Å²) in [5.41, 5.74) is 1.36. The van der Waals surface area contributed by atoms with E-state index in [4.69, 9.17) is 4.74 Å². The molecule has 0 aromatic heterocycles. The maximum absolute atomic E-state index is 5.49. The third-order valence-corrected chi connectivity index (χ3v) is 5.21. The van der Waals surface area contributed by atoms with Crippen molar-refractivity contribution >= 4 is 11.8 Å². The van der Waals surface area contributed by atoms with E-state index in [9.17, 15) is 0 Å². The Morgan fingerprint density at radius 3 is 2.53 bits per heavy atom. The summed E-state index contributed by atoms with van der Waals surface area (Å²) in [6.07, 6.45) is 5.66. The van der Waals surface area contributed by atoms with Crippen molar-refractivity contribution in [3.05, 3.63) is 29.8 Å². The Balaban J connectivity index is 1.88. The van der Waals surface area contributed by atoms with Crippen LogP contribution in [0.2, 0.25) is 0 Å². The van der Waals surface area contributed by atoms with Crippen LogP contribution in [0.1, 0.15) is 44.2 Å². The van der Waals surface area contributed by atoms with Gasteiger partial charge in [-0.2, -0.15) is 11.8 Å². The predicted molar refractivity (Wildman–Crippen MR) is 84.1 cm³/mol. The smallest absolute Gasteiger partial charge is 0.119 e. The Bertz CT molecular complexity index is 360. The number of nitrogens with one attached hydrogen (secondary N) is 1. The fraction of sp³-hybridized carbons (Fsp3) is 0.625. The largest absolute Gasteiger partial charge is 0.494 e. The first-order chi connectivity index (χ1) is 9.33. The lowest BCUT2D eigenvalue weighted by Crippen LogP contribution is -2.19. The summed E-state index contributed by atoms with van der Waals surface area (Å²) in [5, 5.41) is 4.32. The fourth-order valence-corrected chi connectivity index (χ4v) is 4.09. The van der Waals surface area contributed by atoms with Crippen molar-refractivity contribution in [1.29, 1.82) is 0 Å². The second kappa shape index (κ2) is 7.81. The third kappa shape index (κ3) is 4.43. The van der Waals surface area contributed by atoms with Crippen LogP contribution in [0, 0.1) is 0 Å². The molecule has 1 fully saturated rings. The second-order valence-electron chi connectivity index (χ2n) is 5.08. The molecular formula is C16H25NOS. The van der Waals surface area contributed by atoms with Gasteiger partial charge in [-0.3, -0.25) is 0 Å². The van der Waals surface area contributed by atoms with Crippen LogP contribution in [0.25, 0.3) is 0 Å². The Labute approximate surface area is 121 Å². The van der Waals surface area contributed by atoms with Crippen LogP contribution < -0.4 is 10.1 Å². The number of hydrogen-bond acceptors (Lipinski definition) is 3. The molecule has 1 aromatic rings. The molecule has 1 aliphatic carbocycles. The van der Waals surface area contributed by atoms with Gasteiger partial charge in [-0.25, -0.2) is 0 Å². The summed E-state index contributed by atoms with van der Waals surface area (Å²) < 4.78 is 5.49. The minimum absolute atomic E-state index is 0.446. The molecular weight excluding hydrogens is 254 g/mol. The van der Waals surface area contributed by atoms with Crippen molar-refractivity contribution in [2.45, 2.75) is 43.9 Å². The van der Waals surface area contributed by atoms with Gasteiger partial charge in [0.05, 0.1) is 6.61 Å². The molecule has 2 nitrogen and oxygen atoms in total. The zero-order valence-corrected chi connectivity index (χ0v) is 12.8. The molecule has 1 unspecified atom stereocenters. The van der Waals surface area contributed by atoms with Crippen LogP contribution in [0.15, 0.2) is 24.3 Å². The van der Waals surface area contributed by atoms with Crippen LogP contribution in [-0.2, 0) is 0 Å². The van der Waals surface area contributed by atoms with Gasteiger partial charge in [0.1, 0.15) is 5.75 Å². The van der Waals surface area contributed by atoms with Gasteiger partial charge in [0.25, 0.3) is 0 Å². The summed E-state index contributed by atoms with van der Waals surface area (Å²) in [6, 6.07) is 8.96.